The van der Waals surface area contributed by atoms with Crippen molar-refractivity contribution in [3.63, 3.8) is 0 Å². The van der Waals surface area contributed by atoms with Crippen LogP contribution >= 0.6 is 0 Å². The fourth-order valence-corrected chi connectivity index (χ4v) is 3.44. The van der Waals surface area contributed by atoms with Crippen LogP contribution in [-0.4, -0.2) is 41.9 Å². The Kier molecular flexibility index (Phi) is 5.22. The second kappa shape index (κ2) is 8.12. The van der Waals surface area contributed by atoms with E-state index in [-0.39, 0.29) is 5.91 Å². The van der Waals surface area contributed by atoms with Gasteiger partial charge in [0.05, 0.1) is 11.6 Å². The summed E-state index contributed by atoms with van der Waals surface area (Å²) in [6.07, 6.45) is 3.26. The van der Waals surface area contributed by atoms with E-state index in [1.54, 1.807) is 30.4 Å². The lowest BCUT2D eigenvalue weighted by atomic mass is 10.2. The van der Waals surface area contributed by atoms with Gasteiger partial charge in [0.15, 0.2) is 0 Å². The quantitative estimate of drug-likeness (QED) is 0.657. The summed E-state index contributed by atoms with van der Waals surface area (Å²) in [5.74, 6) is 0.610. The summed E-state index contributed by atoms with van der Waals surface area (Å²) in [6.45, 7) is 4.11. The number of hydrogen-bond donors (Lipinski definition) is 0. The number of nitrogens with zero attached hydrogens (tertiary/aromatic N) is 3. The molecule has 0 unspecified atom stereocenters. The van der Waals surface area contributed by atoms with Crippen LogP contribution in [0, 0.1) is 11.3 Å². The Morgan fingerprint density at radius 2 is 1.86 bits per heavy atom. The minimum Gasteiger partial charge on any atom is -0.457 e. The lowest BCUT2D eigenvalue weighted by Gasteiger charge is -2.34. The van der Waals surface area contributed by atoms with Crippen molar-refractivity contribution in [2.45, 2.75) is 6.54 Å². The van der Waals surface area contributed by atoms with Crippen LogP contribution in [0.3, 0.4) is 0 Å². The molecule has 5 nitrogen and oxygen atoms in total. The van der Waals surface area contributed by atoms with Crippen molar-refractivity contribution >= 4 is 23.0 Å². The highest BCUT2D eigenvalue weighted by molar-refractivity contribution is 5.92. The minimum absolute atomic E-state index is 0.00229. The predicted molar refractivity (Wildman–Crippen MR) is 108 cm³/mol. The van der Waals surface area contributed by atoms with Crippen molar-refractivity contribution in [3.05, 3.63) is 77.6 Å². The van der Waals surface area contributed by atoms with Crippen molar-refractivity contribution in [1.29, 1.82) is 5.26 Å². The van der Waals surface area contributed by atoms with Gasteiger partial charge < -0.3 is 9.32 Å². The van der Waals surface area contributed by atoms with Crippen LogP contribution in [0.2, 0.25) is 0 Å². The van der Waals surface area contributed by atoms with Gasteiger partial charge in [0.25, 0.3) is 0 Å². The summed E-state index contributed by atoms with van der Waals surface area (Å²) < 4.78 is 5.71. The molecule has 1 amide bonds. The summed E-state index contributed by atoms with van der Waals surface area (Å²) in [7, 11) is 0. The smallest absolute Gasteiger partial charge is 0.246 e. The number of carbonyl (C=O) groups excluding carboxylic acids is 1. The molecule has 0 atom stereocenters. The molecule has 4 rings (SSSR count). The molecule has 28 heavy (non-hydrogen) atoms. The van der Waals surface area contributed by atoms with Crippen LogP contribution < -0.4 is 0 Å². The zero-order valence-electron chi connectivity index (χ0n) is 15.5. The van der Waals surface area contributed by atoms with Gasteiger partial charge in [-0.3, -0.25) is 9.69 Å². The van der Waals surface area contributed by atoms with Crippen molar-refractivity contribution < 1.29 is 9.21 Å². The molecule has 5 heteroatoms. The van der Waals surface area contributed by atoms with Gasteiger partial charge >= 0.3 is 0 Å². The van der Waals surface area contributed by atoms with E-state index in [0.717, 1.165) is 38.1 Å². The summed E-state index contributed by atoms with van der Waals surface area (Å²) >= 11 is 0. The monoisotopic (exact) mass is 371 g/mol. The molecule has 2 aromatic carbocycles. The molecule has 0 radical (unpaired) electrons. The molecular formula is C23H21N3O2. The number of amides is 1. The number of nitriles is 1. The van der Waals surface area contributed by atoms with E-state index in [1.165, 1.54) is 5.56 Å². The molecule has 1 saturated heterocycles. The predicted octanol–water partition coefficient (Wildman–Crippen LogP) is 3.66. The maximum Gasteiger partial charge on any atom is 0.246 e. The molecule has 1 aromatic heterocycles. The van der Waals surface area contributed by atoms with Gasteiger partial charge in [-0.15, -0.1) is 0 Å². The van der Waals surface area contributed by atoms with Crippen molar-refractivity contribution in [1.82, 2.24) is 9.80 Å². The molecule has 1 fully saturated rings. The average Bonchev–Trinajstić information content (AvgIpc) is 3.15. The van der Waals surface area contributed by atoms with E-state index < -0.39 is 0 Å². The Morgan fingerprint density at radius 3 is 2.61 bits per heavy atom. The van der Waals surface area contributed by atoms with Gasteiger partial charge in [0, 0.05) is 44.2 Å². The summed E-state index contributed by atoms with van der Waals surface area (Å²) in [5, 5.41) is 9.84. The molecule has 0 aliphatic carbocycles. The van der Waals surface area contributed by atoms with Gasteiger partial charge in [0.1, 0.15) is 11.3 Å². The Hall–Kier alpha value is -3.36. The van der Waals surface area contributed by atoms with Crippen LogP contribution in [0.5, 0.6) is 0 Å². The third kappa shape index (κ3) is 4.13. The molecule has 0 N–H and O–H groups in total. The first-order valence-corrected chi connectivity index (χ1v) is 9.38. The van der Waals surface area contributed by atoms with E-state index in [1.807, 2.05) is 17.0 Å². The lowest BCUT2D eigenvalue weighted by Crippen LogP contribution is -2.47. The van der Waals surface area contributed by atoms with Crippen LogP contribution in [0.1, 0.15) is 16.9 Å². The normalized spacial score (nSPS) is 15.2. The van der Waals surface area contributed by atoms with Gasteiger partial charge in [0.2, 0.25) is 5.91 Å². The standard InChI is InChI=1S/C23H21N3O2/c24-16-19-6-8-22-20(14-19)15-21(28-22)7-9-23(27)26-12-10-25(11-13-26)17-18-4-2-1-3-5-18/h1-9,14-15H,10-13,17H2/b9-7+. The third-order valence-electron chi connectivity index (χ3n) is 4.99. The first kappa shape index (κ1) is 18.0. The van der Waals surface area contributed by atoms with E-state index in [4.69, 9.17) is 9.68 Å². The minimum atomic E-state index is -0.00229. The van der Waals surface area contributed by atoms with Gasteiger partial charge in [-0.1, -0.05) is 30.3 Å². The fraction of sp³-hybridized carbons (Fsp3) is 0.217. The summed E-state index contributed by atoms with van der Waals surface area (Å²) in [4.78, 5) is 16.7. The maximum absolute atomic E-state index is 12.5. The van der Waals surface area contributed by atoms with Gasteiger partial charge in [-0.05, 0) is 35.9 Å². The molecule has 3 aromatic rings. The van der Waals surface area contributed by atoms with E-state index >= 15 is 0 Å². The number of rotatable bonds is 4. The topological polar surface area (TPSA) is 60.5 Å². The van der Waals surface area contributed by atoms with Crippen LogP contribution in [0.25, 0.3) is 17.0 Å². The maximum atomic E-state index is 12.5. The molecule has 0 spiro atoms. The summed E-state index contributed by atoms with van der Waals surface area (Å²) in [6, 6.07) is 19.6. The van der Waals surface area contributed by atoms with Crippen LogP contribution in [-0.2, 0) is 11.3 Å². The second-order valence-corrected chi connectivity index (χ2v) is 6.93. The third-order valence-corrected chi connectivity index (χ3v) is 4.99. The zero-order chi connectivity index (χ0) is 19.3. The molecule has 1 aliphatic heterocycles. The Bertz CT molecular complexity index is 1040. The number of benzene rings is 2. The molecule has 140 valence electrons. The zero-order valence-corrected chi connectivity index (χ0v) is 15.5. The van der Waals surface area contributed by atoms with Crippen LogP contribution in [0.4, 0.5) is 0 Å². The Balaban J connectivity index is 1.33. The SMILES string of the molecule is N#Cc1ccc2oc(/C=C/C(=O)N3CCN(Cc4ccccc4)CC3)cc2c1. The molecule has 2 heterocycles. The van der Waals surface area contributed by atoms with Gasteiger partial charge in [-0.25, -0.2) is 0 Å². The molecule has 0 saturated carbocycles. The molecular weight excluding hydrogens is 350 g/mol. The number of hydrogen-bond acceptors (Lipinski definition) is 4. The van der Waals surface area contributed by atoms with Crippen molar-refractivity contribution in [2.75, 3.05) is 26.2 Å². The second-order valence-electron chi connectivity index (χ2n) is 6.93. The van der Waals surface area contributed by atoms with E-state index in [9.17, 15) is 4.79 Å². The largest absolute Gasteiger partial charge is 0.457 e. The van der Waals surface area contributed by atoms with E-state index in [2.05, 4.69) is 35.2 Å². The highest BCUT2D eigenvalue weighted by atomic mass is 16.3. The Labute approximate surface area is 164 Å². The molecule has 0 bridgehead atoms. The molecule has 1 aliphatic rings. The summed E-state index contributed by atoms with van der Waals surface area (Å²) in [5.41, 5.74) is 2.60. The highest BCUT2D eigenvalue weighted by Crippen LogP contribution is 2.21. The number of furan rings is 1. The van der Waals surface area contributed by atoms with Crippen molar-refractivity contribution in [2.24, 2.45) is 0 Å². The number of carbonyl (C=O) groups is 1. The van der Waals surface area contributed by atoms with E-state index in [0.29, 0.717) is 16.9 Å². The number of piperazine rings is 1. The Morgan fingerprint density at radius 1 is 1.07 bits per heavy atom. The first-order chi connectivity index (χ1) is 13.7. The highest BCUT2D eigenvalue weighted by Gasteiger charge is 2.19. The van der Waals surface area contributed by atoms with Crippen LogP contribution in [0.15, 0.2) is 65.1 Å². The first-order valence-electron chi connectivity index (χ1n) is 9.38. The van der Waals surface area contributed by atoms with Gasteiger partial charge in [-0.2, -0.15) is 5.26 Å². The van der Waals surface area contributed by atoms with Crippen molar-refractivity contribution in [3.8, 4) is 6.07 Å². The lowest BCUT2D eigenvalue weighted by molar-refractivity contribution is -0.127. The average molecular weight is 371 g/mol. The number of fused-ring (bicyclic) bond motifs is 1. The fourth-order valence-electron chi connectivity index (χ4n) is 3.44.